The van der Waals surface area contributed by atoms with Gasteiger partial charge < -0.3 is 20.7 Å². The van der Waals surface area contributed by atoms with Crippen LogP contribution in [0.2, 0.25) is 10.0 Å². The lowest BCUT2D eigenvalue weighted by atomic mass is 10.1. The van der Waals surface area contributed by atoms with Crippen molar-refractivity contribution in [3.8, 4) is 5.75 Å². The lowest BCUT2D eigenvalue weighted by Gasteiger charge is -2.13. The maximum atomic E-state index is 13.5. The van der Waals surface area contributed by atoms with E-state index in [1.807, 2.05) is 54.6 Å². The molecule has 5 rings (SSSR count). The summed E-state index contributed by atoms with van der Waals surface area (Å²) in [6.07, 6.45) is 1.60. The minimum absolute atomic E-state index is 0.0501. The number of thioether (sulfide) groups is 1. The first-order valence-corrected chi connectivity index (χ1v) is 16.2. The second kappa shape index (κ2) is 16.5. The molecule has 0 aromatic heterocycles. The Morgan fingerprint density at radius 2 is 1.47 bits per heavy atom. The molecule has 0 atom stereocenters. The molecule has 0 saturated carbocycles. The number of nitrogens with one attached hydrogen (secondary N) is 3. The van der Waals surface area contributed by atoms with Gasteiger partial charge in [0.05, 0.1) is 16.5 Å². The van der Waals surface area contributed by atoms with Gasteiger partial charge in [0.1, 0.15) is 18.1 Å². The van der Waals surface area contributed by atoms with Crippen molar-refractivity contribution in [2.24, 2.45) is 0 Å². The number of hydrogen-bond donors (Lipinski definition) is 3. The molecule has 0 saturated heterocycles. The third-order valence-corrected chi connectivity index (χ3v) is 8.18. The zero-order chi connectivity index (χ0) is 33.0. The van der Waals surface area contributed by atoms with Crippen LogP contribution in [-0.2, 0) is 16.2 Å². The number of rotatable bonds is 12. The van der Waals surface area contributed by atoms with Gasteiger partial charge in [-0.2, -0.15) is 0 Å². The summed E-state index contributed by atoms with van der Waals surface area (Å²) in [6, 6.07) is 37.6. The van der Waals surface area contributed by atoms with Crippen LogP contribution in [0, 0.1) is 0 Å². The van der Waals surface area contributed by atoms with E-state index in [-0.39, 0.29) is 17.4 Å². The zero-order valence-electron chi connectivity index (χ0n) is 24.9. The fourth-order valence-electron chi connectivity index (χ4n) is 4.30. The quantitative estimate of drug-likeness (QED) is 0.0904. The van der Waals surface area contributed by atoms with E-state index in [0.29, 0.717) is 44.9 Å². The van der Waals surface area contributed by atoms with E-state index in [9.17, 15) is 14.4 Å². The highest BCUT2D eigenvalue weighted by atomic mass is 35.5. The number of ether oxygens (including phenoxy) is 1. The van der Waals surface area contributed by atoms with E-state index < -0.39 is 11.8 Å². The van der Waals surface area contributed by atoms with Crippen molar-refractivity contribution in [3.05, 3.63) is 160 Å². The molecule has 0 spiro atoms. The maximum Gasteiger partial charge on any atom is 0.272 e. The number of benzene rings is 5. The van der Waals surface area contributed by atoms with Gasteiger partial charge in [0, 0.05) is 21.2 Å². The smallest absolute Gasteiger partial charge is 0.272 e. The summed E-state index contributed by atoms with van der Waals surface area (Å²) >= 11 is 13.4. The molecule has 3 N–H and O–H groups in total. The van der Waals surface area contributed by atoms with E-state index in [1.54, 1.807) is 78.9 Å². The summed E-state index contributed by atoms with van der Waals surface area (Å²) in [5.41, 5.74) is 3.15. The number of hydrogen-bond acceptors (Lipinski definition) is 5. The van der Waals surface area contributed by atoms with Crippen molar-refractivity contribution >= 4 is 70.1 Å². The molecule has 5 aromatic carbocycles. The Hall–Kier alpha value is -5.02. The molecule has 47 heavy (non-hydrogen) atoms. The standard InChI is InChI=1S/C37H29Cl2N3O4S/c38-28-16-19-33(32(39)21-28)41-35(43)24-47-31-13-7-12-29(22-31)40-37(45)34(42-36(44)27-10-5-2-6-11-27)20-25-14-17-30(18-15-25)46-23-26-8-3-1-4-9-26/h1-22H,23-24H2,(H,40,45)(H,41,43)(H,42,44)/b34-20-. The molecule has 0 heterocycles. The van der Waals surface area contributed by atoms with Crippen LogP contribution in [0.4, 0.5) is 11.4 Å². The van der Waals surface area contributed by atoms with Crippen LogP contribution < -0.4 is 20.7 Å². The molecule has 0 aliphatic heterocycles. The summed E-state index contributed by atoms with van der Waals surface area (Å²) in [5, 5.41) is 9.19. The van der Waals surface area contributed by atoms with Crippen molar-refractivity contribution in [1.82, 2.24) is 5.32 Å². The summed E-state index contributed by atoms with van der Waals surface area (Å²) < 4.78 is 5.88. The lowest BCUT2D eigenvalue weighted by molar-refractivity contribution is -0.114. The van der Waals surface area contributed by atoms with Gasteiger partial charge in [-0.05, 0) is 77.9 Å². The first-order valence-electron chi connectivity index (χ1n) is 14.5. The van der Waals surface area contributed by atoms with E-state index >= 15 is 0 Å². The molecular weight excluding hydrogens is 653 g/mol. The highest BCUT2D eigenvalue weighted by Crippen LogP contribution is 2.27. The Labute approximate surface area is 287 Å². The van der Waals surface area contributed by atoms with Crippen LogP contribution in [0.5, 0.6) is 5.75 Å². The fourth-order valence-corrected chi connectivity index (χ4v) is 5.51. The summed E-state index contributed by atoms with van der Waals surface area (Å²) in [4.78, 5) is 39.9. The van der Waals surface area contributed by atoms with Crippen molar-refractivity contribution in [2.75, 3.05) is 16.4 Å². The number of carbonyl (C=O) groups excluding carboxylic acids is 3. The molecule has 0 bridgehead atoms. The van der Waals surface area contributed by atoms with Crippen LogP contribution in [0.25, 0.3) is 6.08 Å². The summed E-state index contributed by atoms with van der Waals surface area (Å²) in [6.45, 7) is 0.426. The number of amides is 3. The van der Waals surface area contributed by atoms with Gasteiger partial charge in [-0.1, -0.05) is 89.9 Å². The Kier molecular flexibility index (Phi) is 11.7. The van der Waals surface area contributed by atoms with Crippen molar-refractivity contribution < 1.29 is 19.1 Å². The zero-order valence-corrected chi connectivity index (χ0v) is 27.2. The Balaban J connectivity index is 1.26. The van der Waals surface area contributed by atoms with E-state index in [1.165, 1.54) is 11.8 Å². The minimum Gasteiger partial charge on any atom is -0.489 e. The molecule has 0 radical (unpaired) electrons. The van der Waals surface area contributed by atoms with Gasteiger partial charge in [0.15, 0.2) is 0 Å². The first kappa shape index (κ1) is 33.3. The van der Waals surface area contributed by atoms with Gasteiger partial charge in [-0.3, -0.25) is 14.4 Å². The Morgan fingerprint density at radius 1 is 0.745 bits per heavy atom. The maximum absolute atomic E-state index is 13.5. The van der Waals surface area contributed by atoms with Crippen LogP contribution in [-0.4, -0.2) is 23.5 Å². The third kappa shape index (κ3) is 10.2. The molecule has 3 amide bonds. The van der Waals surface area contributed by atoms with Gasteiger partial charge in [-0.25, -0.2) is 0 Å². The van der Waals surface area contributed by atoms with Gasteiger partial charge >= 0.3 is 0 Å². The highest BCUT2D eigenvalue weighted by molar-refractivity contribution is 8.00. The van der Waals surface area contributed by atoms with Gasteiger partial charge in [0.2, 0.25) is 5.91 Å². The predicted octanol–water partition coefficient (Wildman–Crippen LogP) is 8.71. The van der Waals surface area contributed by atoms with Crippen LogP contribution in [0.1, 0.15) is 21.5 Å². The topological polar surface area (TPSA) is 96.5 Å². The van der Waals surface area contributed by atoms with Gasteiger partial charge in [-0.15, -0.1) is 11.8 Å². The second-order valence-electron chi connectivity index (χ2n) is 10.2. The molecule has 0 aliphatic rings. The molecule has 7 nitrogen and oxygen atoms in total. The van der Waals surface area contributed by atoms with Crippen molar-refractivity contribution in [1.29, 1.82) is 0 Å². The third-order valence-electron chi connectivity index (χ3n) is 6.64. The van der Waals surface area contributed by atoms with Crippen molar-refractivity contribution in [2.45, 2.75) is 11.5 Å². The lowest BCUT2D eigenvalue weighted by Crippen LogP contribution is -2.30. The molecule has 0 fully saturated rings. The minimum atomic E-state index is -0.518. The molecule has 0 aliphatic carbocycles. The number of halogens is 2. The fraction of sp³-hybridized carbons (Fsp3) is 0.0541. The summed E-state index contributed by atoms with van der Waals surface area (Å²) in [7, 11) is 0. The number of anilines is 2. The average Bonchev–Trinajstić information content (AvgIpc) is 3.09. The van der Waals surface area contributed by atoms with Gasteiger partial charge in [0.25, 0.3) is 11.8 Å². The Morgan fingerprint density at radius 3 is 2.19 bits per heavy atom. The van der Waals surface area contributed by atoms with Crippen molar-refractivity contribution in [3.63, 3.8) is 0 Å². The second-order valence-corrected chi connectivity index (χ2v) is 12.1. The van der Waals surface area contributed by atoms with Crippen LogP contribution in [0.3, 0.4) is 0 Å². The van der Waals surface area contributed by atoms with E-state index in [0.717, 1.165) is 10.5 Å². The van der Waals surface area contributed by atoms with Crippen LogP contribution >= 0.6 is 35.0 Å². The Bertz CT molecular complexity index is 1890. The largest absolute Gasteiger partial charge is 0.489 e. The number of carbonyl (C=O) groups is 3. The SMILES string of the molecule is O=C(CSc1cccc(NC(=O)/C(=C/c2ccc(OCc3ccccc3)cc2)NC(=O)c2ccccc2)c1)Nc1ccc(Cl)cc1Cl. The molecular formula is C37H29Cl2N3O4S. The predicted molar refractivity (Wildman–Crippen MR) is 190 cm³/mol. The van der Waals surface area contributed by atoms with E-state index in [4.69, 9.17) is 27.9 Å². The molecule has 5 aromatic rings. The van der Waals surface area contributed by atoms with E-state index in [2.05, 4.69) is 16.0 Å². The summed E-state index contributed by atoms with van der Waals surface area (Å²) in [5.74, 6) is -0.412. The monoisotopic (exact) mass is 681 g/mol. The molecule has 236 valence electrons. The normalized spacial score (nSPS) is 11.0. The average molecular weight is 683 g/mol. The first-order chi connectivity index (χ1) is 22.8. The molecule has 10 heteroatoms. The molecule has 0 unspecified atom stereocenters. The highest BCUT2D eigenvalue weighted by Gasteiger charge is 2.16. The van der Waals surface area contributed by atoms with Crippen LogP contribution in [0.15, 0.2) is 138 Å².